The Labute approximate surface area is 190 Å². The summed E-state index contributed by atoms with van der Waals surface area (Å²) in [6, 6.07) is 1.49. The molecule has 0 bridgehead atoms. The summed E-state index contributed by atoms with van der Waals surface area (Å²) in [4.78, 5) is 50.2. The van der Waals surface area contributed by atoms with Gasteiger partial charge >= 0.3 is 23.6 Å². The molecular weight excluding hydrogens is 434 g/mol. The smallest absolute Gasteiger partial charge is 0.407 e. The van der Waals surface area contributed by atoms with Crippen LogP contribution in [0.2, 0.25) is 0 Å². The molecule has 0 atom stereocenters. The van der Waals surface area contributed by atoms with E-state index in [-0.39, 0.29) is 11.7 Å². The third-order valence-corrected chi connectivity index (χ3v) is 4.31. The molecule has 0 aromatic carbocycles. The van der Waals surface area contributed by atoms with Crippen molar-refractivity contribution in [1.29, 1.82) is 0 Å². The number of carbonyl (C=O) groups is 3. The number of aryl methyl sites for hydroxylation is 2. The minimum Gasteiger partial charge on any atom is -0.444 e. The van der Waals surface area contributed by atoms with Crippen LogP contribution >= 0.6 is 0 Å². The van der Waals surface area contributed by atoms with Crippen LogP contribution in [-0.2, 0) is 18.8 Å². The van der Waals surface area contributed by atoms with Crippen LogP contribution in [0.1, 0.15) is 54.7 Å². The molecule has 0 aliphatic carbocycles. The maximum atomic E-state index is 12.4. The molecule has 0 saturated carbocycles. The quantitative estimate of drug-likeness (QED) is 0.291. The Morgan fingerprint density at radius 1 is 1.06 bits per heavy atom. The van der Waals surface area contributed by atoms with Gasteiger partial charge in [-0.1, -0.05) is 0 Å². The van der Waals surface area contributed by atoms with Gasteiger partial charge in [-0.2, -0.15) is 0 Å². The number of rotatable bonds is 9. The summed E-state index contributed by atoms with van der Waals surface area (Å²) in [5.41, 5.74) is 0.115. The Morgan fingerprint density at radius 3 is 2.27 bits per heavy atom. The van der Waals surface area contributed by atoms with Crippen LogP contribution in [0.4, 0.5) is 16.3 Å². The standard InChI is InChI=1S/C20H29N7O6/c1-20(2,3)33-19(30)22-9-7-6-8-21-17(28)14-10-13(11-25(14)4)23-18(29)16-24-15(27(31)32)12-26(16)5/h10-12H,6-9H2,1-5H3,(H,21,28)(H,22,30)(H,23,29). The van der Waals surface area contributed by atoms with E-state index < -0.39 is 28.3 Å². The van der Waals surface area contributed by atoms with E-state index in [9.17, 15) is 24.5 Å². The van der Waals surface area contributed by atoms with Gasteiger partial charge in [0.05, 0.1) is 5.69 Å². The molecule has 3 N–H and O–H groups in total. The first-order chi connectivity index (χ1) is 15.4. The molecule has 33 heavy (non-hydrogen) atoms. The van der Waals surface area contributed by atoms with Crippen molar-refractivity contribution >= 4 is 29.4 Å². The van der Waals surface area contributed by atoms with Gasteiger partial charge < -0.3 is 39.9 Å². The zero-order valence-electron chi connectivity index (χ0n) is 19.3. The Kier molecular flexibility index (Phi) is 8.16. The predicted molar refractivity (Wildman–Crippen MR) is 119 cm³/mol. The molecule has 13 nitrogen and oxygen atoms in total. The summed E-state index contributed by atoms with van der Waals surface area (Å²) < 4.78 is 7.95. The van der Waals surface area contributed by atoms with E-state index in [1.807, 2.05) is 0 Å². The molecule has 2 rings (SSSR count). The fraction of sp³-hybridized carbons (Fsp3) is 0.500. The average Bonchev–Trinajstić information content (AvgIpc) is 3.25. The number of anilines is 1. The summed E-state index contributed by atoms with van der Waals surface area (Å²) in [5.74, 6) is -1.53. The molecule has 3 amide bonds. The molecular formula is C20H29N7O6. The highest BCUT2D eigenvalue weighted by Gasteiger charge is 2.24. The van der Waals surface area contributed by atoms with Crippen molar-refractivity contribution in [2.45, 2.75) is 39.2 Å². The van der Waals surface area contributed by atoms with Crippen molar-refractivity contribution in [1.82, 2.24) is 24.8 Å². The van der Waals surface area contributed by atoms with Gasteiger partial charge in [-0.15, -0.1) is 0 Å². The van der Waals surface area contributed by atoms with Crippen LogP contribution in [0, 0.1) is 10.1 Å². The lowest BCUT2D eigenvalue weighted by molar-refractivity contribution is -0.389. The monoisotopic (exact) mass is 463 g/mol. The number of nitrogens with zero attached hydrogens (tertiary/aromatic N) is 4. The Morgan fingerprint density at radius 2 is 1.70 bits per heavy atom. The number of ether oxygens (including phenoxy) is 1. The number of nitrogens with one attached hydrogen (secondary N) is 3. The number of aromatic nitrogens is 3. The van der Waals surface area contributed by atoms with Gasteiger partial charge in [0.15, 0.2) is 0 Å². The molecule has 2 aromatic heterocycles. The minimum absolute atomic E-state index is 0.128. The molecule has 0 radical (unpaired) electrons. The van der Waals surface area contributed by atoms with Gasteiger partial charge in [0.1, 0.15) is 17.5 Å². The van der Waals surface area contributed by atoms with Crippen molar-refractivity contribution in [2.75, 3.05) is 18.4 Å². The fourth-order valence-electron chi connectivity index (χ4n) is 2.84. The zero-order valence-corrected chi connectivity index (χ0v) is 19.3. The second kappa shape index (κ2) is 10.6. The van der Waals surface area contributed by atoms with E-state index in [1.165, 1.54) is 17.7 Å². The maximum Gasteiger partial charge on any atom is 0.407 e. The van der Waals surface area contributed by atoms with E-state index in [4.69, 9.17) is 4.74 Å². The number of carbonyl (C=O) groups excluding carboxylic acids is 3. The van der Waals surface area contributed by atoms with Crippen LogP contribution in [0.3, 0.4) is 0 Å². The van der Waals surface area contributed by atoms with Crippen LogP contribution in [0.25, 0.3) is 0 Å². The molecule has 0 saturated heterocycles. The first-order valence-electron chi connectivity index (χ1n) is 10.3. The topological polar surface area (TPSA) is 162 Å². The number of amides is 3. The molecule has 0 spiro atoms. The van der Waals surface area contributed by atoms with Gasteiger partial charge in [-0.25, -0.2) is 4.79 Å². The highest BCUT2D eigenvalue weighted by Crippen LogP contribution is 2.16. The molecule has 180 valence electrons. The van der Waals surface area contributed by atoms with Crippen molar-refractivity contribution in [3.8, 4) is 0 Å². The highest BCUT2D eigenvalue weighted by atomic mass is 16.6. The largest absolute Gasteiger partial charge is 0.444 e. The molecule has 0 unspecified atom stereocenters. The predicted octanol–water partition coefficient (Wildman–Crippen LogP) is 1.95. The second-order valence-electron chi connectivity index (χ2n) is 8.36. The lowest BCUT2D eigenvalue weighted by Crippen LogP contribution is -2.33. The number of unbranched alkanes of at least 4 members (excludes halogenated alkanes) is 1. The number of imidazole rings is 1. The molecule has 0 aliphatic rings. The third kappa shape index (κ3) is 7.63. The maximum absolute atomic E-state index is 12.4. The van der Waals surface area contributed by atoms with Gasteiger partial charge in [-0.05, 0) is 49.6 Å². The summed E-state index contributed by atoms with van der Waals surface area (Å²) in [6.07, 6.45) is 3.51. The molecule has 13 heteroatoms. The van der Waals surface area contributed by atoms with Crippen LogP contribution in [0.15, 0.2) is 18.5 Å². The van der Waals surface area contributed by atoms with Crippen LogP contribution < -0.4 is 16.0 Å². The lowest BCUT2D eigenvalue weighted by Gasteiger charge is -2.19. The van der Waals surface area contributed by atoms with Crippen molar-refractivity contribution in [3.63, 3.8) is 0 Å². The number of alkyl carbamates (subject to hydrolysis) is 1. The summed E-state index contributed by atoms with van der Waals surface area (Å²) in [5, 5.41) is 18.8. The second-order valence-corrected chi connectivity index (χ2v) is 8.36. The molecule has 2 heterocycles. The summed E-state index contributed by atoms with van der Waals surface area (Å²) in [7, 11) is 3.13. The number of nitro groups is 1. The van der Waals surface area contributed by atoms with Gasteiger partial charge in [0.25, 0.3) is 5.91 Å². The van der Waals surface area contributed by atoms with E-state index in [0.717, 1.165) is 6.20 Å². The zero-order chi connectivity index (χ0) is 24.8. The van der Waals surface area contributed by atoms with Crippen molar-refractivity contribution in [2.24, 2.45) is 14.1 Å². The average molecular weight is 463 g/mol. The Balaban J connectivity index is 1.81. The first-order valence-corrected chi connectivity index (χ1v) is 10.3. The lowest BCUT2D eigenvalue weighted by atomic mass is 10.2. The Bertz CT molecular complexity index is 1030. The van der Waals surface area contributed by atoms with Crippen molar-refractivity contribution in [3.05, 3.63) is 40.1 Å². The highest BCUT2D eigenvalue weighted by molar-refractivity contribution is 6.03. The van der Waals surface area contributed by atoms with Gasteiger partial charge in [0.2, 0.25) is 0 Å². The molecule has 0 fully saturated rings. The van der Waals surface area contributed by atoms with Crippen LogP contribution in [-0.4, -0.2) is 55.6 Å². The molecule has 0 aliphatic heterocycles. The summed E-state index contributed by atoms with van der Waals surface area (Å²) >= 11 is 0. The molecule has 2 aromatic rings. The Hall–Kier alpha value is -3.90. The third-order valence-electron chi connectivity index (χ3n) is 4.31. The van der Waals surface area contributed by atoms with E-state index in [1.54, 1.807) is 38.6 Å². The first kappa shape index (κ1) is 25.4. The fourth-order valence-corrected chi connectivity index (χ4v) is 2.84. The number of hydrogen-bond acceptors (Lipinski definition) is 7. The minimum atomic E-state index is -0.685. The SMILES string of the molecule is Cn1cc(NC(=O)c2nc([N+](=O)[O-])cn2C)cc1C(=O)NCCCCNC(=O)OC(C)(C)C. The van der Waals surface area contributed by atoms with Crippen molar-refractivity contribution < 1.29 is 24.0 Å². The van der Waals surface area contributed by atoms with Gasteiger partial charge in [-0.3, -0.25) is 9.59 Å². The normalized spacial score (nSPS) is 11.1. The van der Waals surface area contributed by atoms with E-state index >= 15 is 0 Å². The van der Waals surface area contributed by atoms with E-state index in [2.05, 4.69) is 20.9 Å². The van der Waals surface area contributed by atoms with E-state index in [0.29, 0.717) is 37.3 Å². The number of hydrogen-bond donors (Lipinski definition) is 3. The van der Waals surface area contributed by atoms with Gasteiger partial charge in [0, 0.05) is 33.4 Å². The summed E-state index contributed by atoms with van der Waals surface area (Å²) in [6.45, 7) is 6.18. The van der Waals surface area contributed by atoms with Crippen LogP contribution in [0.5, 0.6) is 0 Å².